The maximum absolute atomic E-state index is 11.0. The highest BCUT2D eigenvalue weighted by Crippen LogP contribution is 2.30. The van der Waals surface area contributed by atoms with Crippen LogP contribution in [0.15, 0.2) is 11.6 Å². The van der Waals surface area contributed by atoms with Crippen molar-refractivity contribution in [2.45, 2.75) is 38.7 Å². The van der Waals surface area contributed by atoms with Crippen molar-refractivity contribution in [1.29, 1.82) is 0 Å². The molecule has 0 aromatic heterocycles. The van der Waals surface area contributed by atoms with Gasteiger partial charge in [-0.25, -0.2) is 4.79 Å². The van der Waals surface area contributed by atoms with E-state index in [0.717, 1.165) is 24.8 Å². The van der Waals surface area contributed by atoms with Crippen LogP contribution in [0.2, 0.25) is 0 Å². The largest absolute Gasteiger partial charge is 0.466 e. The third-order valence-electron chi connectivity index (χ3n) is 2.75. The summed E-state index contributed by atoms with van der Waals surface area (Å²) in [4.78, 5) is 11.0. The fourth-order valence-corrected chi connectivity index (χ4v) is 1.62. The molecule has 1 unspecified atom stereocenters. The van der Waals surface area contributed by atoms with Crippen molar-refractivity contribution >= 4 is 5.97 Å². The molecule has 0 bridgehead atoms. The summed E-state index contributed by atoms with van der Waals surface area (Å²) in [6.45, 7) is 4.88. The van der Waals surface area contributed by atoms with Gasteiger partial charge in [0.15, 0.2) is 0 Å². The molecular weight excluding hydrogens is 180 g/mol. The summed E-state index contributed by atoms with van der Waals surface area (Å²) in [6, 6.07) is 0. The first-order chi connectivity index (χ1) is 6.59. The number of ether oxygens (including phenoxy) is 2. The highest BCUT2D eigenvalue weighted by atomic mass is 16.5. The lowest BCUT2D eigenvalue weighted by atomic mass is 9.89. The zero-order valence-electron chi connectivity index (χ0n) is 9.13. The second-order valence-corrected chi connectivity index (χ2v) is 3.90. The van der Waals surface area contributed by atoms with E-state index in [9.17, 15) is 4.79 Å². The molecule has 0 aromatic carbocycles. The Hall–Kier alpha value is -0.830. The zero-order chi connectivity index (χ0) is 10.6. The smallest absolute Gasteiger partial charge is 0.330 e. The number of methoxy groups -OCH3 is 1. The highest BCUT2D eigenvalue weighted by molar-refractivity contribution is 5.82. The number of carbonyl (C=O) groups is 1. The van der Waals surface area contributed by atoms with Gasteiger partial charge in [0.1, 0.15) is 0 Å². The van der Waals surface area contributed by atoms with Crippen LogP contribution < -0.4 is 0 Å². The second-order valence-electron chi connectivity index (χ2n) is 3.90. The van der Waals surface area contributed by atoms with Gasteiger partial charge < -0.3 is 9.47 Å². The summed E-state index contributed by atoms with van der Waals surface area (Å²) >= 11 is 0. The van der Waals surface area contributed by atoms with E-state index in [1.165, 1.54) is 7.11 Å². The van der Waals surface area contributed by atoms with Crippen molar-refractivity contribution in [3.63, 3.8) is 0 Å². The normalized spacial score (nSPS) is 30.4. The first kappa shape index (κ1) is 11.2. The van der Waals surface area contributed by atoms with Crippen molar-refractivity contribution in [1.82, 2.24) is 0 Å². The van der Waals surface area contributed by atoms with Crippen LogP contribution in [-0.4, -0.2) is 25.3 Å². The van der Waals surface area contributed by atoms with Crippen LogP contribution in [0.1, 0.15) is 33.1 Å². The van der Waals surface area contributed by atoms with Gasteiger partial charge in [-0.3, -0.25) is 0 Å². The minimum Gasteiger partial charge on any atom is -0.466 e. The fourth-order valence-electron chi connectivity index (χ4n) is 1.62. The van der Waals surface area contributed by atoms with E-state index in [4.69, 9.17) is 4.74 Å². The summed E-state index contributed by atoms with van der Waals surface area (Å²) in [5.41, 5.74) is 1.03. The molecule has 3 nitrogen and oxygen atoms in total. The summed E-state index contributed by atoms with van der Waals surface area (Å²) in [6.07, 6.45) is 4.23. The van der Waals surface area contributed by atoms with E-state index in [1.54, 1.807) is 6.08 Å². The monoisotopic (exact) mass is 198 g/mol. The van der Waals surface area contributed by atoms with Gasteiger partial charge in [-0.15, -0.1) is 0 Å². The van der Waals surface area contributed by atoms with Crippen LogP contribution in [0.5, 0.6) is 0 Å². The second kappa shape index (κ2) is 4.60. The number of rotatable bonds is 2. The number of esters is 1. The molecule has 1 atom stereocenters. The maximum Gasteiger partial charge on any atom is 0.330 e. The van der Waals surface area contributed by atoms with E-state index in [-0.39, 0.29) is 11.6 Å². The molecule has 14 heavy (non-hydrogen) atoms. The Morgan fingerprint density at radius 2 is 2.43 bits per heavy atom. The minimum absolute atomic E-state index is 0.0991. The number of hydrogen-bond donors (Lipinski definition) is 0. The Kier molecular flexibility index (Phi) is 3.69. The molecule has 0 aromatic rings. The Balaban J connectivity index is 2.64. The van der Waals surface area contributed by atoms with Crippen LogP contribution in [0, 0.1) is 0 Å². The molecule has 0 saturated carbocycles. The molecule has 0 radical (unpaired) electrons. The molecule has 0 N–H and O–H groups in total. The van der Waals surface area contributed by atoms with Crippen molar-refractivity contribution < 1.29 is 14.3 Å². The van der Waals surface area contributed by atoms with Crippen molar-refractivity contribution in [2.24, 2.45) is 0 Å². The molecular formula is C11H18O3. The molecule has 1 heterocycles. The van der Waals surface area contributed by atoms with E-state index in [1.807, 2.05) is 0 Å². The Labute approximate surface area is 85.1 Å². The summed E-state index contributed by atoms with van der Waals surface area (Å²) in [5.74, 6) is -0.264. The van der Waals surface area contributed by atoms with Gasteiger partial charge in [-0.05, 0) is 26.2 Å². The van der Waals surface area contributed by atoms with E-state index < -0.39 is 0 Å². The minimum atomic E-state index is -0.264. The van der Waals surface area contributed by atoms with Crippen molar-refractivity contribution in [3.8, 4) is 0 Å². The SMILES string of the molecule is CCC1(C)C/C(=C\C(=O)OC)CCO1. The zero-order valence-corrected chi connectivity index (χ0v) is 9.13. The van der Waals surface area contributed by atoms with Gasteiger partial charge in [0.2, 0.25) is 0 Å². The first-order valence-electron chi connectivity index (χ1n) is 5.01. The third-order valence-corrected chi connectivity index (χ3v) is 2.75. The predicted molar refractivity (Wildman–Crippen MR) is 54.0 cm³/mol. The molecule has 0 aliphatic carbocycles. The van der Waals surface area contributed by atoms with Crippen molar-refractivity contribution in [3.05, 3.63) is 11.6 Å². The van der Waals surface area contributed by atoms with E-state index >= 15 is 0 Å². The average molecular weight is 198 g/mol. The topological polar surface area (TPSA) is 35.5 Å². The molecule has 80 valence electrons. The van der Waals surface area contributed by atoms with Gasteiger partial charge in [-0.1, -0.05) is 12.5 Å². The van der Waals surface area contributed by atoms with Crippen LogP contribution in [0.25, 0.3) is 0 Å². The Bertz CT molecular complexity index is 245. The lowest BCUT2D eigenvalue weighted by Crippen LogP contribution is -2.33. The molecule has 1 saturated heterocycles. The highest BCUT2D eigenvalue weighted by Gasteiger charge is 2.28. The van der Waals surface area contributed by atoms with E-state index in [2.05, 4.69) is 18.6 Å². The third kappa shape index (κ3) is 2.84. The Morgan fingerprint density at radius 1 is 1.71 bits per heavy atom. The molecule has 3 heteroatoms. The van der Waals surface area contributed by atoms with Gasteiger partial charge in [0, 0.05) is 6.08 Å². The quantitative estimate of drug-likeness (QED) is 0.503. The number of carbonyl (C=O) groups excluding carboxylic acids is 1. The summed E-state index contributed by atoms with van der Waals surface area (Å²) < 4.78 is 10.3. The fraction of sp³-hybridized carbons (Fsp3) is 0.727. The average Bonchev–Trinajstić information content (AvgIpc) is 2.18. The van der Waals surface area contributed by atoms with Crippen molar-refractivity contribution in [2.75, 3.05) is 13.7 Å². The lowest BCUT2D eigenvalue weighted by molar-refractivity contribution is -0.135. The predicted octanol–water partition coefficient (Wildman–Crippen LogP) is 2.06. The molecule has 1 aliphatic heterocycles. The number of hydrogen-bond acceptors (Lipinski definition) is 3. The van der Waals surface area contributed by atoms with Crippen LogP contribution in [0.3, 0.4) is 0 Å². The molecule has 1 rings (SSSR count). The molecule has 0 spiro atoms. The Morgan fingerprint density at radius 3 is 3.00 bits per heavy atom. The molecule has 1 aliphatic rings. The van der Waals surface area contributed by atoms with E-state index in [0.29, 0.717) is 6.61 Å². The van der Waals surface area contributed by atoms with Gasteiger partial charge in [0.25, 0.3) is 0 Å². The first-order valence-corrected chi connectivity index (χ1v) is 5.01. The maximum atomic E-state index is 11.0. The van der Waals surface area contributed by atoms with Crippen LogP contribution in [-0.2, 0) is 14.3 Å². The standard InChI is InChI=1S/C11H18O3/c1-4-11(2)8-9(5-6-14-11)7-10(12)13-3/h7H,4-6,8H2,1-3H3/b9-7-. The van der Waals surface area contributed by atoms with Gasteiger partial charge in [-0.2, -0.15) is 0 Å². The van der Waals surface area contributed by atoms with Gasteiger partial charge >= 0.3 is 5.97 Å². The lowest BCUT2D eigenvalue weighted by Gasteiger charge is -2.34. The summed E-state index contributed by atoms with van der Waals surface area (Å²) in [5, 5.41) is 0. The summed E-state index contributed by atoms with van der Waals surface area (Å²) in [7, 11) is 1.40. The van der Waals surface area contributed by atoms with Crippen LogP contribution in [0.4, 0.5) is 0 Å². The molecule has 1 fully saturated rings. The van der Waals surface area contributed by atoms with Gasteiger partial charge in [0.05, 0.1) is 19.3 Å². The van der Waals surface area contributed by atoms with Crippen LogP contribution >= 0.6 is 0 Å². The molecule has 0 amide bonds.